The SMILES string of the molecule is CC(C)[C@H](NC(=O)OC(C)(C)C)C(=O)N[C@@H](CCCNC(N)=O)C(=O)Nc1ccc(CN=C=S)cc1. The van der Waals surface area contributed by atoms with E-state index in [4.69, 9.17) is 10.5 Å². The molecule has 1 aromatic rings. The number of amides is 5. The maximum atomic E-state index is 13.1. The molecule has 0 aliphatic carbocycles. The first-order valence-corrected chi connectivity index (χ1v) is 12.0. The molecule has 5 amide bonds. The number of benzene rings is 1. The van der Waals surface area contributed by atoms with Crippen LogP contribution in [-0.2, 0) is 20.9 Å². The number of carbonyl (C=O) groups is 4. The molecule has 0 aromatic heterocycles. The van der Waals surface area contributed by atoms with Crippen LogP contribution in [0.5, 0.6) is 0 Å². The summed E-state index contributed by atoms with van der Waals surface area (Å²) in [6.45, 7) is 9.29. The molecule has 0 radical (unpaired) electrons. The normalized spacial score (nSPS) is 12.5. The van der Waals surface area contributed by atoms with Crippen molar-refractivity contribution in [2.24, 2.45) is 16.6 Å². The number of nitrogens with zero attached hydrogens (tertiary/aromatic N) is 1. The molecule has 0 unspecified atom stereocenters. The second-order valence-electron chi connectivity index (χ2n) is 9.46. The van der Waals surface area contributed by atoms with Gasteiger partial charge in [0, 0.05) is 12.2 Å². The van der Waals surface area contributed by atoms with Crippen LogP contribution in [0, 0.1) is 5.92 Å². The second kappa shape index (κ2) is 14.8. The predicted octanol–water partition coefficient (Wildman–Crippen LogP) is 2.71. The molecule has 1 aromatic carbocycles. The van der Waals surface area contributed by atoms with Gasteiger partial charge < -0.3 is 31.7 Å². The summed E-state index contributed by atoms with van der Waals surface area (Å²) in [7, 11) is 0. The Morgan fingerprint density at radius 3 is 2.25 bits per heavy atom. The Labute approximate surface area is 217 Å². The van der Waals surface area contributed by atoms with Gasteiger partial charge in [-0.1, -0.05) is 26.0 Å². The predicted molar refractivity (Wildman–Crippen MR) is 141 cm³/mol. The van der Waals surface area contributed by atoms with Crippen molar-refractivity contribution in [2.45, 2.75) is 71.7 Å². The molecule has 0 aliphatic rings. The molecular formula is C24H36N6O5S. The number of carbonyl (C=O) groups excluding carboxylic acids is 4. The lowest BCUT2D eigenvalue weighted by atomic mass is 10.0. The van der Waals surface area contributed by atoms with E-state index in [0.717, 1.165) is 5.56 Å². The van der Waals surface area contributed by atoms with Crippen LogP contribution in [0.4, 0.5) is 15.3 Å². The summed E-state index contributed by atoms with van der Waals surface area (Å²) in [6.07, 6.45) is -0.140. The number of thiocarbonyl (C=S) groups is 1. The summed E-state index contributed by atoms with van der Waals surface area (Å²) >= 11 is 4.57. The van der Waals surface area contributed by atoms with E-state index in [-0.39, 0.29) is 18.9 Å². The first-order chi connectivity index (χ1) is 16.8. The van der Waals surface area contributed by atoms with E-state index in [1.807, 2.05) is 0 Å². The van der Waals surface area contributed by atoms with E-state index in [2.05, 4.69) is 43.6 Å². The van der Waals surface area contributed by atoms with Crippen molar-refractivity contribution in [3.63, 3.8) is 0 Å². The first kappa shape index (κ1) is 30.5. The number of hydrogen-bond acceptors (Lipinski definition) is 7. The van der Waals surface area contributed by atoms with Crippen molar-refractivity contribution in [2.75, 3.05) is 11.9 Å². The summed E-state index contributed by atoms with van der Waals surface area (Å²) in [6, 6.07) is 4.44. The fourth-order valence-corrected chi connectivity index (χ4v) is 3.13. The lowest BCUT2D eigenvalue weighted by Gasteiger charge is -2.27. The quantitative estimate of drug-likeness (QED) is 0.162. The highest BCUT2D eigenvalue weighted by molar-refractivity contribution is 7.78. The highest BCUT2D eigenvalue weighted by Gasteiger charge is 2.30. The molecule has 36 heavy (non-hydrogen) atoms. The van der Waals surface area contributed by atoms with Gasteiger partial charge in [0.1, 0.15) is 17.7 Å². The second-order valence-corrected chi connectivity index (χ2v) is 9.64. The summed E-state index contributed by atoms with van der Waals surface area (Å²) in [5.41, 5.74) is 5.77. The van der Waals surface area contributed by atoms with Crippen molar-refractivity contribution in [3.8, 4) is 0 Å². The molecule has 0 saturated carbocycles. The molecule has 0 bridgehead atoms. The van der Waals surface area contributed by atoms with Crippen molar-refractivity contribution >= 4 is 47.0 Å². The van der Waals surface area contributed by atoms with Crippen LogP contribution in [0.1, 0.15) is 53.0 Å². The monoisotopic (exact) mass is 520 g/mol. The standard InChI is InChI=1S/C24H36N6O5S/c1-15(2)19(30-23(34)35-24(3,4)5)21(32)29-18(7-6-12-27-22(25)33)20(31)28-17-10-8-16(9-11-17)13-26-14-36/h8-11,15,18-19H,6-7,12-13H2,1-5H3,(H,28,31)(H,29,32)(H,30,34)(H3,25,27,33)/t18-,19-/m0/s1. The largest absolute Gasteiger partial charge is 0.444 e. The Morgan fingerprint density at radius 1 is 1.08 bits per heavy atom. The third-order valence-corrected chi connectivity index (χ3v) is 4.90. The maximum Gasteiger partial charge on any atom is 0.408 e. The molecule has 0 fully saturated rings. The average Bonchev–Trinajstić information content (AvgIpc) is 2.77. The van der Waals surface area contributed by atoms with Crippen molar-refractivity contribution in [3.05, 3.63) is 29.8 Å². The minimum Gasteiger partial charge on any atom is -0.444 e. The molecule has 0 spiro atoms. The zero-order chi connectivity index (χ0) is 27.3. The zero-order valence-corrected chi connectivity index (χ0v) is 22.2. The van der Waals surface area contributed by atoms with Crippen LogP contribution in [-0.4, -0.2) is 53.3 Å². The molecule has 198 valence electrons. The molecular weight excluding hydrogens is 484 g/mol. The minimum atomic E-state index is -0.937. The van der Waals surface area contributed by atoms with E-state index >= 15 is 0 Å². The summed E-state index contributed by atoms with van der Waals surface area (Å²) < 4.78 is 5.26. The summed E-state index contributed by atoms with van der Waals surface area (Å²) in [4.78, 5) is 53.2. The van der Waals surface area contributed by atoms with Crippen molar-refractivity contribution in [1.29, 1.82) is 0 Å². The van der Waals surface area contributed by atoms with E-state index in [0.29, 0.717) is 18.7 Å². The van der Waals surface area contributed by atoms with Gasteiger partial charge in [-0.3, -0.25) is 9.59 Å². The number of ether oxygens (including phenoxy) is 1. The minimum absolute atomic E-state index is 0.219. The van der Waals surface area contributed by atoms with E-state index in [9.17, 15) is 19.2 Å². The first-order valence-electron chi connectivity index (χ1n) is 11.6. The van der Waals surface area contributed by atoms with Gasteiger partial charge in [0.2, 0.25) is 11.8 Å². The van der Waals surface area contributed by atoms with Gasteiger partial charge in [0.25, 0.3) is 0 Å². The number of rotatable bonds is 12. The molecule has 11 nitrogen and oxygen atoms in total. The average molecular weight is 521 g/mol. The molecule has 0 aliphatic heterocycles. The molecule has 1 rings (SSSR count). The number of urea groups is 1. The third-order valence-electron chi connectivity index (χ3n) is 4.77. The number of aliphatic imine (C=N–C) groups is 1. The zero-order valence-electron chi connectivity index (χ0n) is 21.3. The Kier molecular flexibility index (Phi) is 12.5. The summed E-state index contributed by atoms with van der Waals surface area (Å²) in [5.74, 6) is -1.26. The molecule has 0 heterocycles. The topological polar surface area (TPSA) is 164 Å². The summed E-state index contributed by atoms with van der Waals surface area (Å²) in [5, 5.41) is 12.8. The van der Waals surface area contributed by atoms with Gasteiger partial charge in [-0.2, -0.15) is 0 Å². The number of isothiocyanates is 1. The van der Waals surface area contributed by atoms with Gasteiger partial charge in [0.05, 0.1) is 11.7 Å². The Morgan fingerprint density at radius 2 is 1.72 bits per heavy atom. The lowest BCUT2D eigenvalue weighted by molar-refractivity contribution is -0.128. The molecule has 0 saturated heterocycles. The number of hydrogen-bond donors (Lipinski definition) is 5. The number of anilines is 1. The molecule has 2 atom stereocenters. The van der Waals surface area contributed by atoms with Gasteiger partial charge >= 0.3 is 12.1 Å². The fourth-order valence-electron chi connectivity index (χ4n) is 3.06. The van der Waals surface area contributed by atoms with E-state index < -0.39 is 41.6 Å². The number of nitrogens with two attached hydrogens (primary N) is 1. The van der Waals surface area contributed by atoms with E-state index in [1.165, 1.54) is 0 Å². The highest BCUT2D eigenvalue weighted by atomic mass is 32.1. The fraction of sp³-hybridized carbons (Fsp3) is 0.542. The number of alkyl carbamates (subject to hydrolysis) is 1. The maximum absolute atomic E-state index is 13.1. The van der Waals surface area contributed by atoms with Crippen LogP contribution in [0.3, 0.4) is 0 Å². The van der Waals surface area contributed by atoms with Crippen LogP contribution < -0.4 is 27.0 Å². The van der Waals surface area contributed by atoms with Gasteiger partial charge in [0.15, 0.2) is 0 Å². The third kappa shape index (κ3) is 12.3. The van der Waals surface area contributed by atoms with Crippen LogP contribution in [0.25, 0.3) is 0 Å². The van der Waals surface area contributed by atoms with Gasteiger partial charge in [-0.15, -0.1) is 0 Å². The van der Waals surface area contributed by atoms with Gasteiger partial charge in [-0.25, -0.2) is 14.6 Å². The Hall–Kier alpha value is -3.50. The number of nitrogens with one attached hydrogen (secondary N) is 4. The molecule has 12 heteroatoms. The van der Waals surface area contributed by atoms with Crippen molar-refractivity contribution in [1.82, 2.24) is 16.0 Å². The Bertz CT molecular complexity index is 955. The lowest BCUT2D eigenvalue weighted by Crippen LogP contribution is -2.55. The highest BCUT2D eigenvalue weighted by Crippen LogP contribution is 2.13. The van der Waals surface area contributed by atoms with Crippen LogP contribution in [0.2, 0.25) is 0 Å². The smallest absolute Gasteiger partial charge is 0.408 e. The van der Waals surface area contributed by atoms with Crippen molar-refractivity contribution < 1.29 is 23.9 Å². The Balaban J connectivity index is 2.95. The molecule has 6 N–H and O–H groups in total. The van der Waals surface area contributed by atoms with Crippen LogP contribution >= 0.6 is 12.2 Å². The van der Waals surface area contributed by atoms with Crippen LogP contribution in [0.15, 0.2) is 29.3 Å². The van der Waals surface area contributed by atoms with E-state index in [1.54, 1.807) is 58.9 Å². The number of primary amides is 1. The van der Waals surface area contributed by atoms with Gasteiger partial charge in [-0.05, 0) is 69.4 Å².